The normalized spacial score (nSPS) is 12.2. The second-order valence-electron chi connectivity index (χ2n) is 3.88. The van der Waals surface area contributed by atoms with Crippen LogP contribution in [0.25, 0.3) is 0 Å². The van der Waals surface area contributed by atoms with Gasteiger partial charge in [0.25, 0.3) is 0 Å². The zero-order valence-electron chi connectivity index (χ0n) is 9.67. The number of hydrogen-bond donors (Lipinski definition) is 2. The lowest BCUT2D eigenvalue weighted by Gasteiger charge is -2.10. The summed E-state index contributed by atoms with van der Waals surface area (Å²) in [5.41, 5.74) is 6.38. The summed E-state index contributed by atoms with van der Waals surface area (Å²) in [7, 11) is 0. The average Bonchev–Trinajstić information content (AvgIpc) is 2.30. The monoisotopic (exact) mass is 302 g/mol. The lowest BCUT2D eigenvalue weighted by molar-refractivity contribution is -0.121. The first-order valence-corrected chi connectivity index (χ1v) is 6.28. The third-order valence-corrected chi connectivity index (χ3v) is 3.23. The molecule has 0 aliphatic carbocycles. The Kier molecular flexibility index (Phi) is 5.58. The van der Waals surface area contributed by atoms with Gasteiger partial charge in [-0.25, -0.2) is 4.39 Å². The fourth-order valence-electron chi connectivity index (χ4n) is 1.33. The number of rotatable bonds is 5. The molecule has 0 heterocycles. The number of nitrogens with two attached hydrogens (primary N) is 1. The van der Waals surface area contributed by atoms with E-state index >= 15 is 0 Å². The molecule has 0 bridgehead atoms. The number of carbonyl (C=O) groups excluding carboxylic acids is 1. The first-order valence-electron chi connectivity index (χ1n) is 5.49. The smallest absolute Gasteiger partial charge is 0.221 e. The quantitative estimate of drug-likeness (QED) is 0.877. The molecule has 0 aliphatic heterocycles. The highest BCUT2D eigenvalue weighted by Crippen LogP contribution is 2.17. The van der Waals surface area contributed by atoms with Crippen molar-refractivity contribution < 1.29 is 9.18 Å². The van der Waals surface area contributed by atoms with Crippen molar-refractivity contribution in [1.82, 2.24) is 5.32 Å². The molecule has 1 amide bonds. The molecule has 1 rings (SSSR count). The van der Waals surface area contributed by atoms with Crippen molar-refractivity contribution in [2.75, 3.05) is 0 Å². The van der Waals surface area contributed by atoms with Crippen molar-refractivity contribution in [3.05, 3.63) is 34.1 Å². The van der Waals surface area contributed by atoms with E-state index in [2.05, 4.69) is 21.2 Å². The maximum atomic E-state index is 13.0. The van der Waals surface area contributed by atoms with E-state index in [1.807, 2.05) is 6.92 Å². The van der Waals surface area contributed by atoms with Gasteiger partial charge >= 0.3 is 0 Å². The molecule has 0 aromatic heterocycles. The maximum Gasteiger partial charge on any atom is 0.221 e. The highest BCUT2D eigenvalue weighted by Gasteiger charge is 2.08. The second kappa shape index (κ2) is 6.71. The van der Waals surface area contributed by atoms with Crippen molar-refractivity contribution in [2.24, 2.45) is 5.73 Å². The third-order valence-electron chi connectivity index (χ3n) is 2.46. The fraction of sp³-hybridized carbons (Fsp3) is 0.417. The van der Waals surface area contributed by atoms with Gasteiger partial charge in [0.2, 0.25) is 5.91 Å². The highest BCUT2D eigenvalue weighted by molar-refractivity contribution is 9.10. The minimum absolute atomic E-state index is 0.115. The summed E-state index contributed by atoms with van der Waals surface area (Å²) in [6, 6.07) is 4.26. The van der Waals surface area contributed by atoms with Crippen molar-refractivity contribution in [3.8, 4) is 0 Å². The SMILES string of the molecule is CCC(N)CC(=O)NCc1cc(F)ccc1Br. The minimum atomic E-state index is -0.317. The van der Waals surface area contributed by atoms with E-state index in [1.165, 1.54) is 12.1 Å². The van der Waals surface area contributed by atoms with Crippen molar-refractivity contribution in [1.29, 1.82) is 0 Å². The van der Waals surface area contributed by atoms with Gasteiger partial charge in [0.05, 0.1) is 0 Å². The van der Waals surface area contributed by atoms with E-state index < -0.39 is 0 Å². The Morgan fingerprint density at radius 3 is 2.94 bits per heavy atom. The van der Waals surface area contributed by atoms with Gasteiger partial charge in [-0.3, -0.25) is 4.79 Å². The predicted octanol–water partition coefficient (Wildman–Crippen LogP) is 2.33. The predicted molar refractivity (Wildman–Crippen MR) is 68.8 cm³/mol. The van der Waals surface area contributed by atoms with Gasteiger partial charge in [0.15, 0.2) is 0 Å². The molecule has 0 spiro atoms. The van der Waals surface area contributed by atoms with Crippen LogP contribution >= 0.6 is 15.9 Å². The molecule has 1 unspecified atom stereocenters. The second-order valence-corrected chi connectivity index (χ2v) is 4.74. The van der Waals surface area contributed by atoms with Gasteiger partial charge < -0.3 is 11.1 Å². The van der Waals surface area contributed by atoms with Crippen LogP contribution in [0.4, 0.5) is 4.39 Å². The summed E-state index contributed by atoms with van der Waals surface area (Å²) >= 11 is 3.30. The molecule has 5 heteroatoms. The highest BCUT2D eigenvalue weighted by atomic mass is 79.9. The average molecular weight is 303 g/mol. The van der Waals surface area contributed by atoms with E-state index in [-0.39, 0.29) is 17.8 Å². The van der Waals surface area contributed by atoms with Crippen LogP contribution in [-0.2, 0) is 11.3 Å². The molecule has 0 fully saturated rings. The van der Waals surface area contributed by atoms with E-state index in [1.54, 1.807) is 6.07 Å². The lowest BCUT2D eigenvalue weighted by Crippen LogP contribution is -2.31. The first-order chi connectivity index (χ1) is 8.02. The van der Waals surface area contributed by atoms with Gasteiger partial charge in [0.1, 0.15) is 5.82 Å². The summed E-state index contributed by atoms with van der Waals surface area (Å²) in [6.45, 7) is 2.23. The number of hydrogen-bond acceptors (Lipinski definition) is 2. The Morgan fingerprint density at radius 2 is 2.29 bits per heavy atom. The molecule has 94 valence electrons. The van der Waals surface area contributed by atoms with Crippen molar-refractivity contribution in [2.45, 2.75) is 32.4 Å². The van der Waals surface area contributed by atoms with Gasteiger partial charge in [-0.05, 0) is 30.2 Å². The van der Waals surface area contributed by atoms with Crippen LogP contribution in [0.15, 0.2) is 22.7 Å². The fourth-order valence-corrected chi connectivity index (χ4v) is 1.71. The molecule has 1 aromatic carbocycles. The Morgan fingerprint density at radius 1 is 1.59 bits per heavy atom. The molecular formula is C12H16BrFN2O. The molecular weight excluding hydrogens is 287 g/mol. The van der Waals surface area contributed by atoms with Crippen LogP contribution in [-0.4, -0.2) is 11.9 Å². The Bertz CT molecular complexity index is 398. The van der Waals surface area contributed by atoms with Crippen LogP contribution in [0.1, 0.15) is 25.3 Å². The number of halogens is 2. The Balaban J connectivity index is 2.50. The van der Waals surface area contributed by atoms with Gasteiger partial charge in [-0.1, -0.05) is 22.9 Å². The third kappa shape index (κ3) is 4.83. The number of carbonyl (C=O) groups is 1. The van der Waals surface area contributed by atoms with Gasteiger partial charge in [-0.2, -0.15) is 0 Å². The summed E-state index contributed by atoms with van der Waals surface area (Å²) < 4.78 is 13.8. The first kappa shape index (κ1) is 14.1. The topological polar surface area (TPSA) is 55.1 Å². The maximum absolute atomic E-state index is 13.0. The Labute approximate surface area is 109 Å². The van der Waals surface area contributed by atoms with E-state index in [0.29, 0.717) is 18.5 Å². The lowest BCUT2D eigenvalue weighted by atomic mass is 10.1. The molecule has 17 heavy (non-hydrogen) atoms. The van der Waals surface area contributed by atoms with Crippen LogP contribution in [0, 0.1) is 5.82 Å². The molecule has 3 N–H and O–H groups in total. The number of nitrogens with one attached hydrogen (secondary N) is 1. The van der Waals surface area contributed by atoms with E-state index in [9.17, 15) is 9.18 Å². The van der Waals surface area contributed by atoms with Crippen LogP contribution < -0.4 is 11.1 Å². The number of benzene rings is 1. The molecule has 0 saturated heterocycles. The number of amides is 1. The molecule has 1 atom stereocenters. The van der Waals surface area contributed by atoms with Crippen LogP contribution in [0.3, 0.4) is 0 Å². The molecule has 0 saturated carbocycles. The van der Waals surface area contributed by atoms with Gasteiger partial charge in [0, 0.05) is 23.5 Å². The van der Waals surface area contributed by atoms with E-state index in [0.717, 1.165) is 10.9 Å². The molecule has 0 radical (unpaired) electrons. The Hall–Kier alpha value is -0.940. The largest absolute Gasteiger partial charge is 0.352 e. The van der Waals surface area contributed by atoms with Crippen molar-refractivity contribution in [3.63, 3.8) is 0 Å². The van der Waals surface area contributed by atoms with Crippen LogP contribution in [0.5, 0.6) is 0 Å². The molecule has 1 aromatic rings. The van der Waals surface area contributed by atoms with Crippen molar-refractivity contribution >= 4 is 21.8 Å². The summed E-state index contributed by atoms with van der Waals surface area (Å²) in [4.78, 5) is 11.5. The van der Waals surface area contributed by atoms with Crippen LogP contribution in [0.2, 0.25) is 0 Å². The minimum Gasteiger partial charge on any atom is -0.352 e. The zero-order chi connectivity index (χ0) is 12.8. The summed E-state index contributed by atoms with van der Waals surface area (Å²) in [5.74, 6) is -0.432. The zero-order valence-corrected chi connectivity index (χ0v) is 11.3. The molecule has 0 aliphatic rings. The molecule has 3 nitrogen and oxygen atoms in total. The van der Waals surface area contributed by atoms with Gasteiger partial charge in [-0.15, -0.1) is 0 Å². The summed E-state index contributed by atoms with van der Waals surface area (Å²) in [5, 5.41) is 2.72. The van der Waals surface area contributed by atoms with E-state index in [4.69, 9.17) is 5.73 Å². The standard InChI is InChI=1S/C12H16BrFN2O/c1-2-10(15)6-12(17)16-7-8-5-9(14)3-4-11(8)13/h3-5,10H,2,6-7,15H2,1H3,(H,16,17). The summed E-state index contributed by atoms with van der Waals surface area (Å²) in [6.07, 6.45) is 1.06.